The second-order valence-corrected chi connectivity index (χ2v) is 5.74. The number of rotatable bonds is 5. The van der Waals surface area contributed by atoms with Crippen molar-refractivity contribution in [3.8, 4) is 0 Å². The maximum absolute atomic E-state index is 4.28. The fraction of sp³-hybridized carbons (Fsp3) is 0.929. The topological polar surface area (TPSA) is 42.9 Å². The Hall–Kier alpha value is -0.0800. The summed E-state index contributed by atoms with van der Waals surface area (Å²) < 4.78 is 0. The monoisotopic (exact) mass is 395 g/mol. The van der Waals surface area contributed by atoms with Crippen molar-refractivity contribution in [1.82, 2.24) is 20.4 Å². The van der Waals surface area contributed by atoms with Gasteiger partial charge in [-0.15, -0.1) is 24.0 Å². The van der Waals surface area contributed by atoms with E-state index in [9.17, 15) is 0 Å². The third-order valence-electron chi connectivity index (χ3n) is 4.29. The number of nitrogens with zero attached hydrogens (tertiary/aromatic N) is 3. The van der Waals surface area contributed by atoms with Crippen molar-refractivity contribution in [2.75, 3.05) is 52.9 Å². The standard InChI is InChI=1S/C14H29N5.HI/c1-4-18-7-9-19(10-8-18)6-5-16-14(15-3)17-13-11-12(13)2;/h12-13H,4-11H2,1-3H3,(H2,15,16,17);1H. The van der Waals surface area contributed by atoms with Gasteiger partial charge in [-0.2, -0.15) is 0 Å². The Morgan fingerprint density at radius 3 is 2.30 bits per heavy atom. The van der Waals surface area contributed by atoms with Crippen LogP contribution in [0.15, 0.2) is 4.99 Å². The number of piperazine rings is 1. The molecule has 2 unspecified atom stereocenters. The molecule has 118 valence electrons. The summed E-state index contributed by atoms with van der Waals surface area (Å²) in [4.78, 5) is 9.33. The van der Waals surface area contributed by atoms with E-state index in [4.69, 9.17) is 0 Å². The van der Waals surface area contributed by atoms with Crippen molar-refractivity contribution in [1.29, 1.82) is 0 Å². The molecule has 0 spiro atoms. The molecule has 1 aliphatic heterocycles. The lowest BCUT2D eigenvalue weighted by Crippen LogP contribution is -2.49. The summed E-state index contributed by atoms with van der Waals surface area (Å²) in [7, 11) is 1.85. The number of guanidine groups is 1. The summed E-state index contributed by atoms with van der Waals surface area (Å²) >= 11 is 0. The van der Waals surface area contributed by atoms with Crippen molar-refractivity contribution in [2.24, 2.45) is 10.9 Å². The van der Waals surface area contributed by atoms with Crippen molar-refractivity contribution >= 4 is 29.9 Å². The minimum atomic E-state index is 0. The van der Waals surface area contributed by atoms with Crippen molar-refractivity contribution < 1.29 is 0 Å². The molecular weight excluding hydrogens is 365 g/mol. The van der Waals surface area contributed by atoms with Crippen molar-refractivity contribution in [3.63, 3.8) is 0 Å². The molecule has 20 heavy (non-hydrogen) atoms. The molecule has 2 N–H and O–H groups in total. The molecule has 2 atom stereocenters. The van der Waals surface area contributed by atoms with Crippen LogP contribution in [0, 0.1) is 5.92 Å². The molecule has 0 aromatic rings. The zero-order chi connectivity index (χ0) is 13.7. The smallest absolute Gasteiger partial charge is 0.191 e. The molecule has 1 heterocycles. The number of halogens is 1. The minimum Gasteiger partial charge on any atom is -0.355 e. The van der Waals surface area contributed by atoms with E-state index in [1.807, 2.05) is 7.05 Å². The van der Waals surface area contributed by atoms with Crippen LogP contribution >= 0.6 is 24.0 Å². The Morgan fingerprint density at radius 1 is 1.20 bits per heavy atom. The SMILES string of the molecule is CCN1CCN(CCNC(=NC)NC2CC2C)CC1.I. The van der Waals surface area contributed by atoms with Gasteiger partial charge in [0.2, 0.25) is 0 Å². The Kier molecular flexibility index (Phi) is 8.13. The van der Waals surface area contributed by atoms with E-state index in [1.165, 1.54) is 39.1 Å². The van der Waals surface area contributed by atoms with Gasteiger partial charge in [0.1, 0.15) is 0 Å². The maximum atomic E-state index is 4.28. The van der Waals surface area contributed by atoms with Gasteiger partial charge in [-0.05, 0) is 18.9 Å². The van der Waals surface area contributed by atoms with Crippen LogP contribution in [0.2, 0.25) is 0 Å². The first kappa shape index (κ1) is 18.0. The second-order valence-electron chi connectivity index (χ2n) is 5.74. The molecule has 0 radical (unpaired) electrons. The molecule has 2 aliphatic rings. The molecule has 0 aromatic carbocycles. The van der Waals surface area contributed by atoms with Crippen molar-refractivity contribution in [3.05, 3.63) is 0 Å². The molecular formula is C14H30IN5. The van der Waals surface area contributed by atoms with Crippen LogP contribution in [-0.4, -0.2) is 74.7 Å². The first-order valence-electron chi connectivity index (χ1n) is 7.64. The third kappa shape index (κ3) is 5.73. The molecule has 5 nitrogen and oxygen atoms in total. The second kappa shape index (κ2) is 9.04. The lowest BCUT2D eigenvalue weighted by molar-refractivity contribution is 0.139. The fourth-order valence-electron chi connectivity index (χ4n) is 2.55. The Morgan fingerprint density at radius 2 is 1.80 bits per heavy atom. The average Bonchev–Trinajstić information content (AvgIpc) is 3.13. The summed E-state index contributed by atoms with van der Waals surface area (Å²) in [6.45, 7) is 12.6. The van der Waals surface area contributed by atoms with Crippen LogP contribution in [-0.2, 0) is 0 Å². The van der Waals surface area contributed by atoms with Gasteiger partial charge in [0.05, 0.1) is 0 Å². The molecule has 0 bridgehead atoms. The molecule has 2 fully saturated rings. The maximum Gasteiger partial charge on any atom is 0.191 e. The lowest BCUT2D eigenvalue weighted by atomic mass is 10.3. The summed E-state index contributed by atoms with van der Waals surface area (Å²) in [5, 5.41) is 6.87. The van der Waals surface area contributed by atoms with Gasteiger partial charge in [-0.1, -0.05) is 13.8 Å². The molecule has 0 amide bonds. The van der Waals surface area contributed by atoms with Crippen LogP contribution in [0.4, 0.5) is 0 Å². The highest BCUT2D eigenvalue weighted by atomic mass is 127. The average molecular weight is 395 g/mol. The summed E-state index contributed by atoms with van der Waals surface area (Å²) in [6, 6.07) is 0.638. The molecule has 1 aliphatic carbocycles. The molecule has 6 heteroatoms. The van der Waals surface area contributed by atoms with E-state index in [0.29, 0.717) is 6.04 Å². The number of aliphatic imine (C=N–C) groups is 1. The minimum absolute atomic E-state index is 0. The number of hydrogen-bond acceptors (Lipinski definition) is 3. The van der Waals surface area contributed by atoms with Gasteiger partial charge in [0.15, 0.2) is 5.96 Å². The van der Waals surface area contributed by atoms with E-state index in [1.54, 1.807) is 0 Å². The number of hydrogen-bond donors (Lipinski definition) is 2. The van der Waals surface area contributed by atoms with Gasteiger partial charge < -0.3 is 15.5 Å². The van der Waals surface area contributed by atoms with Gasteiger partial charge >= 0.3 is 0 Å². The van der Waals surface area contributed by atoms with Crippen LogP contribution < -0.4 is 10.6 Å². The predicted octanol–water partition coefficient (Wildman–Crippen LogP) is 0.815. The van der Waals surface area contributed by atoms with Crippen LogP contribution in [0.1, 0.15) is 20.3 Å². The largest absolute Gasteiger partial charge is 0.355 e. The first-order chi connectivity index (χ1) is 9.22. The summed E-state index contributed by atoms with van der Waals surface area (Å²) in [5.74, 6) is 1.77. The Labute approximate surface area is 140 Å². The quantitative estimate of drug-likeness (QED) is 0.411. The van der Waals surface area contributed by atoms with E-state index >= 15 is 0 Å². The van der Waals surface area contributed by atoms with E-state index < -0.39 is 0 Å². The number of likely N-dealkylation sites (N-methyl/N-ethyl adjacent to an activating group) is 1. The van der Waals surface area contributed by atoms with Gasteiger partial charge in [-0.3, -0.25) is 9.89 Å². The van der Waals surface area contributed by atoms with Gasteiger partial charge in [0, 0.05) is 52.4 Å². The van der Waals surface area contributed by atoms with Gasteiger partial charge in [-0.25, -0.2) is 0 Å². The Balaban J connectivity index is 0.00000200. The normalized spacial score (nSPS) is 27.9. The van der Waals surface area contributed by atoms with Crippen LogP contribution in [0.3, 0.4) is 0 Å². The fourth-order valence-corrected chi connectivity index (χ4v) is 2.55. The lowest BCUT2D eigenvalue weighted by Gasteiger charge is -2.34. The summed E-state index contributed by atoms with van der Waals surface area (Å²) in [5.41, 5.74) is 0. The van der Waals surface area contributed by atoms with Crippen LogP contribution in [0.25, 0.3) is 0 Å². The van der Waals surface area contributed by atoms with Crippen LogP contribution in [0.5, 0.6) is 0 Å². The van der Waals surface area contributed by atoms with E-state index in [-0.39, 0.29) is 24.0 Å². The predicted molar refractivity (Wildman–Crippen MR) is 96.0 cm³/mol. The number of nitrogens with one attached hydrogen (secondary N) is 2. The molecule has 1 saturated heterocycles. The highest BCUT2D eigenvalue weighted by Gasteiger charge is 2.33. The van der Waals surface area contributed by atoms with E-state index in [0.717, 1.165) is 25.0 Å². The van der Waals surface area contributed by atoms with E-state index in [2.05, 4.69) is 39.3 Å². The Bertz CT molecular complexity index is 302. The third-order valence-corrected chi connectivity index (χ3v) is 4.29. The molecule has 2 rings (SSSR count). The summed E-state index contributed by atoms with van der Waals surface area (Å²) in [6.07, 6.45) is 1.28. The zero-order valence-electron chi connectivity index (χ0n) is 13.1. The zero-order valence-corrected chi connectivity index (χ0v) is 15.4. The highest BCUT2D eigenvalue weighted by Crippen LogP contribution is 2.28. The van der Waals surface area contributed by atoms with Gasteiger partial charge in [0.25, 0.3) is 0 Å². The molecule has 1 saturated carbocycles. The highest BCUT2D eigenvalue weighted by molar-refractivity contribution is 14.0. The molecule has 0 aromatic heterocycles. The van der Waals surface area contributed by atoms with Crippen molar-refractivity contribution in [2.45, 2.75) is 26.3 Å². The first-order valence-corrected chi connectivity index (χ1v) is 7.64.